The molecule has 2 saturated heterocycles. The van der Waals surface area contributed by atoms with Crippen molar-refractivity contribution in [1.82, 2.24) is 9.80 Å². The number of hydrogen-bond donors (Lipinski definition) is 1. The van der Waals surface area contributed by atoms with Crippen molar-refractivity contribution in [2.45, 2.75) is 24.4 Å². The molecule has 2 aliphatic rings. The van der Waals surface area contributed by atoms with Gasteiger partial charge in [-0.3, -0.25) is 9.59 Å². The van der Waals surface area contributed by atoms with Gasteiger partial charge in [0.15, 0.2) is 0 Å². The lowest BCUT2D eigenvalue weighted by Gasteiger charge is -2.58. The molecule has 0 aliphatic carbocycles. The summed E-state index contributed by atoms with van der Waals surface area (Å²) >= 11 is 3.44. The third-order valence-corrected chi connectivity index (χ3v) is 6.09. The average molecular weight is 429 g/mol. The van der Waals surface area contributed by atoms with E-state index >= 15 is 0 Å². The minimum Gasteiger partial charge on any atom is -0.394 e. The summed E-state index contributed by atoms with van der Waals surface area (Å²) < 4.78 is 0.988. The molecule has 0 spiro atoms. The van der Waals surface area contributed by atoms with Gasteiger partial charge in [-0.25, -0.2) is 0 Å². The van der Waals surface area contributed by atoms with Gasteiger partial charge in [0.25, 0.3) is 0 Å². The third kappa shape index (κ3) is 3.39. The minimum absolute atomic E-state index is 0.0313. The topological polar surface area (TPSA) is 60.9 Å². The van der Waals surface area contributed by atoms with Gasteiger partial charge in [0.1, 0.15) is 0 Å². The van der Waals surface area contributed by atoms with Crippen LogP contribution in [0.25, 0.3) is 0 Å². The highest BCUT2D eigenvalue weighted by molar-refractivity contribution is 9.10. The summed E-state index contributed by atoms with van der Waals surface area (Å²) in [6.45, 7) is 0.529. The van der Waals surface area contributed by atoms with E-state index in [2.05, 4.69) is 15.9 Å². The minimum atomic E-state index is -0.213. The second-order valence-corrected chi connectivity index (χ2v) is 8.05. The number of hydrogen-bond acceptors (Lipinski definition) is 3. The van der Waals surface area contributed by atoms with Crippen molar-refractivity contribution in [2.24, 2.45) is 0 Å². The molecule has 2 aromatic rings. The number of piperazine rings is 1. The van der Waals surface area contributed by atoms with E-state index < -0.39 is 0 Å². The summed E-state index contributed by atoms with van der Waals surface area (Å²) in [4.78, 5) is 28.8. The Morgan fingerprint density at radius 2 is 1.81 bits per heavy atom. The lowest BCUT2D eigenvalue weighted by molar-refractivity contribution is -0.166. The molecule has 2 amide bonds. The van der Waals surface area contributed by atoms with E-state index in [-0.39, 0.29) is 43.0 Å². The Morgan fingerprint density at radius 1 is 1.11 bits per heavy atom. The molecule has 0 bridgehead atoms. The summed E-state index contributed by atoms with van der Waals surface area (Å²) in [5, 5.41) is 9.82. The molecule has 6 heteroatoms. The predicted molar refractivity (Wildman–Crippen MR) is 105 cm³/mol. The van der Waals surface area contributed by atoms with Crippen molar-refractivity contribution in [3.63, 3.8) is 0 Å². The van der Waals surface area contributed by atoms with Gasteiger partial charge in [0, 0.05) is 16.9 Å². The van der Waals surface area contributed by atoms with Crippen molar-refractivity contribution in [1.29, 1.82) is 0 Å². The van der Waals surface area contributed by atoms with Gasteiger partial charge in [-0.15, -0.1) is 0 Å². The van der Waals surface area contributed by atoms with Crippen LogP contribution < -0.4 is 0 Å². The third-order valence-electron chi connectivity index (χ3n) is 5.56. The first-order valence-corrected chi connectivity index (χ1v) is 9.87. The zero-order valence-corrected chi connectivity index (χ0v) is 16.4. The SMILES string of the molecule is O=C(Cc1ccccc1)N1CC(=O)N2[C@H](CO)[C@H](c3ccc(Br)cc3)[C@H]2C1. The molecule has 27 heavy (non-hydrogen) atoms. The molecule has 4 rings (SSSR count). The summed E-state index contributed by atoms with van der Waals surface area (Å²) in [5.74, 6) is -0.0735. The maximum atomic E-state index is 12.7. The molecule has 2 aliphatic heterocycles. The largest absolute Gasteiger partial charge is 0.394 e. The fourth-order valence-corrected chi connectivity index (χ4v) is 4.52. The van der Waals surface area contributed by atoms with Crippen LogP contribution in [-0.4, -0.2) is 58.5 Å². The van der Waals surface area contributed by atoms with Gasteiger partial charge in [-0.1, -0.05) is 58.4 Å². The molecule has 0 unspecified atom stereocenters. The number of aliphatic hydroxyl groups excluding tert-OH is 1. The fourth-order valence-electron chi connectivity index (χ4n) is 4.26. The molecule has 2 fully saturated rings. The average Bonchev–Trinajstić information content (AvgIpc) is 2.65. The smallest absolute Gasteiger partial charge is 0.242 e. The van der Waals surface area contributed by atoms with Gasteiger partial charge in [0.2, 0.25) is 11.8 Å². The molecule has 3 atom stereocenters. The van der Waals surface area contributed by atoms with E-state index in [0.717, 1.165) is 15.6 Å². The molecule has 2 aromatic carbocycles. The van der Waals surface area contributed by atoms with Crippen LogP contribution in [0.15, 0.2) is 59.1 Å². The lowest BCUT2D eigenvalue weighted by Crippen LogP contribution is -2.73. The molecule has 140 valence electrons. The lowest BCUT2D eigenvalue weighted by atomic mass is 9.73. The van der Waals surface area contributed by atoms with Crippen LogP contribution >= 0.6 is 15.9 Å². The van der Waals surface area contributed by atoms with E-state index in [9.17, 15) is 14.7 Å². The number of benzene rings is 2. The van der Waals surface area contributed by atoms with Crippen molar-refractivity contribution in [3.05, 3.63) is 70.2 Å². The van der Waals surface area contributed by atoms with Gasteiger partial charge in [-0.05, 0) is 23.3 Å². The first-order chi connectivity index (χ1) is 13.1. The first-order valence-electron chi connectivity index (χ1n) is 9.07. The van der Waals surface area contributed by atoms with Crippen molar-refractivity contribution in [2.75, 3.05) is 19.7 Å². The van der Waals surface area contributed by atoms with Crippen LogP contribution in [0, 0.1) is 0 Å². The van der Waals surface area contributed by atoms with Crippen molar-refractivity contribution in [3.8, 4) is 0 Å². The van der Waals surface area contributed by atoms with Crippen LogP contribution in [0.4, 0.5) is 0 Å². The number of rotatable bonds is 4. The molecule has 0 radical (unpaired) electrons. The van der Waals surface area contributed by atoms with Crippen LogP contribution in [0.2, 0.25) is 0 Å². The Bertz CT molecular complexity index is 840. The number of halogens is 1. The first kappa shape index (κ1) is 18.2. The van der Waals surface area contributed by atoms with Gasteiger partial charge in [0.05, 0.1) is 31.7 Å². The fraction of sp³-hybridized carbons (Fsp3) is 0.333. The summed E-state index contributed by atoms with van der Waals surface area (Å²) in [7, 11) is 0. The molecule has 2 heterocycles. The van der Waals surface area contributed by atoms with Crippen LogP contribution in [0.1, 0.15) is 17.0 Å². The highest BCUT2D eigenvalue weighted by Gasteiger charge is 2.54. The van der Waals surface area contributed by atoms with Crippen LogP contribution in [0.3, 0.4) is 0 Å². The monoisotopic (exact) mass is 428 g/mol. The number of amides is 2. The van der Waals surface area contributed by atoms with Gasteiger partial charge >= 0.3 is 0 Å². The molecule has 0 saturated carbocycles. The maximum absolute atomic E-state index is 12.7. The Labute approximate surface area is 166 Å². The van der Waals surface area contributed by atoms with E-state index in [1.165, 1.54) is 0 Å². The van der Waals surface area contributed by atoms with E-state index in [1.807, 2.05) is 54.6 Å². The molecule has 0 aromatic heterocycles. The second kappa shape index (κ2) is 7.44. The molecular formula is C21H21BrN2O3. The maximum Gasteiger partial charge on any atom is 0.242 e. The Kier molecular flexibility index (Phi) is 5.02. The number of nitrogens with zero attached hydrogens (tertiary/aromatic N) is 2. The predicted octanol–water partition coefficient (Wildman–Crippen LogP) is 2.19. The van der Waals surface area contributed by atoms with Crippen molar-refractivity contribution < 1.29 is 14.7 Å². The highest BCUT2D eigenvalue weighted by Crippen LogP contribution is 2.43. The van der Waals surface area contributed by atoms with Crippen molar-refractivity contribution >= 4 is 27.7 Å². The number of carbonyl (C=O) groups is 2. The van der Waals surface area contributed by atoms with Crippen LogP contribution in [-0.2, 0) is 16.0 Å². The summed E-state index contributed by atoms with van der Waals surface area (Å²) in [6, 6.07) is 17.3. The summed E-state index contributed by atoms with van der Waals surface area (Å²) in [6.07, 6.45) is 0.299. The Balaban J connectivity index is 1.52. The number of carbonyl (C=O) groups excluding carboxylic acids is 2. The zero-order valence-electron chi connectivity index (χ0n) is 14.8. The Morgan fingerprint density at radius 3 is 2.48 bits per heavy atom. The second-order valence-electron chi connectivity index (χ2n) is 7.13. The molecule has 5 nitrogen and oxygen atoms in total. The molecular weight excluding hydrogens is 408 g/mol. The number of aliphatic hydroxyl groups is 1. The van der Waals surface area contributed by atoms with Gasteiger partial charge < -0.3 is 14.9 Å². The zero-order chi connectivity index (χ0) is 19.0. The highest BCUT2D eigenvalue weighted by atomic mass is 79.9. The number of fused-ring (bicyclic) bond motifs is 1. The standard InChI is InChI=1S/C21H21BrN2O3/c22-16-8-6-15(7-9-16)21-17-11-23(12-20(27)24(17)18(21)13-25)19(26)10-14-4-2-1-3-5-14/h1-9,17-18,21,25H,10-13H2/t17-,18-,21-/m1/s1. The molecule has 1 N–H and O–H groups in total. The van der Waals surface area contributed by atoms with Gasteiger partial charge in [-0.2, -0.15) is 0 Å². The normalized spacial score (nSPS) is 24.4. The Hall–Kier alpha value is -2.18. The van der Waals surface area contributed by atoms with E-state index in [0.29, 0.717) is 13.0 Å². The van der Waals surface area contributed by atoms with Crippen LogP contribution in [0.5, 0.6) is 0 Å². The summed E-state index contributed by atoms with van der Waals surface area (Å²) in [5.41, 5.74) is 2.03. The van der Waals surface area contributed by atoms with E-state index in [4.69, 9.17) is 0 Å². The van der Waals surface area contributed by atoms with E-state index in [1.54, 1.807) is 9.80 Å². The quantitative estimate of drug-likeness (QED) is 0.811.